The van der Waals surface area contributed by atoms with E-state index in [9.17, 15) is 9.59 Å². The Hall–Kier alpha value is -1.60. The van der Waals surface area contributed by atoms with Crippen LogP contribution in [-0.2, 0) is 24.2 Å². The average Bonchev–Trinajstić information content (AvgIpc) is 3.22. The Bertz CT molecular complexity index is 901. The fraction of sp³-hybridized carbons (Fsp3) is 0.550. The van der Waals surface area contributed by atoms with Gasteiger partial charge in [-0.15, -0.1) is 17.9 Å². The minimum atomic E-state index is -0.321. The van der Waals surface area contributed by atoms with Gasteiger partial charge in [0.2, 0.25) is 5.91 Å². The molecule has 0 bridgehead atoms. The predicted octanol–water partition coefficient (Wildman–Crippen LogP) is 3.92. The number of aromatic nitrogens is 2. The molecule has 2 heterocycles. The number of amides is 1. The number of hydrogen-bond acceptors (Lipinski definition) is 5. The van der Waals surface area contributed by atoms with Crippen molar-refractivity contribution in [2.75, 3.05) is 6.54 Å². The molecule has 0 fully saturated rings. The molecule has 27 heavy (non-hydrogen) atoms. The van der Waals surface area contributed by atoms with Crippen LogP contribution >= 0.6 is 23.1 Å². The SMILES string of the molecule is C=CCNC(=O)C(C)Sc1nc2sc3c(c2c(=O)n1CCCCC)CCC3. The summed E-state index contributed by atoms with van der Waals surface area (Å²) in [5.74, 6) is -0.0666. The standard InChI is InChI=1S/C20H27N3O2S2/c1-4-6-7-12-23-19(25)16-14-9-8-10-15(14)27-18(16)22-20(23)26-13(3)17(24)21-11-5-2/h5,13H,2,4,6-12H2,1,3H3,(H,21,24). The van der Waals surface area contributed by atoms with Gasteiger partial charge in [0.25, 0.3) is 5.56 Å². The van der Waals surface area contributed by atoms with Crippen LogP contribution in [0, 0.1) is 0 Å². The van der Waals surface area contributed by atoms with Crippen molar-refractivity contribution in [1.29, 1.82) is 0 Å². The van der Waals surface area contributed by atoms with Gasteiger partial charge in [-0.05, 0) is 38.2 Å². The fourth-order valence-corrected chi connectivity index (χ4v) is 5.66. The predicted molar refractivity (Wildman–Crippen MR) is 114 cm³/mol. The van der Waals surface area contributed by atoms with Gasteiger partial charge in [0.15, 0.2) is 5.16 Å². The van der Waals surface area contributed by atoms with Crippen molar-refractivity contribution in [2.45, 2.75) is 69.3 Å². The summed E-state index contributed by atoms with van der Waals surface area (Å²) in [6, 6.07) is 0. The van der Waals surface area contributed by atoms with Crippen LogP contribution in [-0.4, -0.2) is 27.3 Å². The Labute approximate surface area is 168 Å². The van der Waals surface area contributed by atoms with Gasteiger partial charge in [-0.25, -0.2) is 4.98 Å². The number of aryl methyl sites for hydroxylation is 2. The first-order valence-corrected chi connectivity index (χ1v) is 11.4. The molecule has 146 valence electrons. The highest BCUT2D eigenvalue weighted by Gasteiger charge is 2.24. The van der Waals surface area contributed by atoms with Gasteiger partial charge in [-0.1, -0.05) is 37.6 Å². The Morgan fingerprint density at radius 1 is 1.44 bits per heavy atom. The lowest BCUT2D eigenvalue weighted by Crippen LogP contribution is -2.32. The number of nitrogens with one attached hydrogen (secondary N) is 1. The second-order valence-corrected chi connectivity index (χ2v) is 9.28. The first kappa shape index (κ1) is 20.1. The number of thioether (sulfide) groups is 1. The van der Waals surface area contributed by atoms with Crippen molar-refractivity contribution < 1.29 is 4.79 Å². The summed E-state index contributed by atoms with van der Waals surface area (Å²) >= 11 is 3.02. The molecule has 0 aromatic carbocycles. The maximum atomic E-state index is 13.3. The molecule has 0 saturated carbocycles. The molecule has 3 rings (SSSR count). The fourth-order valence-electron chi connectivity index (χ4n) is 3.39. The van der Waals surface area contributed by atoms with Crippen molar-refractivity contribution in [1.82, 2.24) is 14.9 Å². The summed E-state index contributed by atoms with van der Waals surface area (Å²) < 4.78 is 1.80. The van der Waals surface area contributed by atoms with Crippen molar-refractivity contribution in [3.8, 4) is 0 Å². The number of fused-ring (bicyclic) bond motifs is 3. The maximum absolute atomic E-state index is 13.3. The second-order valence-electron chi connectivity index (χ2n) is 6.89. The first-order valence-electron chi connectivity index (χ1n) is 9.67. The van der Waals surface area contributed by atoms with E-state index in [0.717, 1.165) is 48.7 Å². The Kier molecular flexibility index (Phi) is 6.76. The Morgan fingerprint density at radius 3 is 3.00 bits per heavy atom. The number of nitrogens with zero attached hydrogens (tertiary/aromatic N) is 2. The number of thiophene rings is 1. The topological polar surface area (TPSA) is 64.0 Å². The molecular weight excluding hydrogens is 378 g/mol. The summed E-state index contributed by atoms with van der Waals surface area (Å²) in [4.78, 5) is 32.5. The maximum Gasteiger partial charge on any atom is 0.263 e. The highest BCUT2D eigenvalue weighted by atomic mass is 32.2. The van der Waals surface area contributed by atoms with Crippen LogP contribution in [0.2, 0.25) is 0 Å². The molecule has 0 aliphatic heterocycles. The third-order valence-electron chi connectivity index (χ3n) is 4.85. The van der Waals surface area contributed by atoms with Crippen LogP contribution in [0.1, 0.15) is 50.0 Å². The largest absolute Gasteiger partial charge is 0.352 e. The van der Waals surface area contributed by atoms with Gasteiger partial charge in [-0.2, -0.15) is 0 Å². The molecule has 2 aromatic heterocycles. The van der Waals surface area contributed by atoms with Crippen LogP contribution in [0.3, 0.4) is 0 Å². The molecule has 0 radical (unpaired) electrons. The summed E-state index contributed by atoms with van der Waals surface area (Å²) in [6.07, 6.45) is 7.94. The van der Waals surface area contributed by atoms with E-state index in [1.165, 1.54) is 22.2 Å². The van der Waals surface area contributed by atoms with Gasteiger partial charge < -0.3 is 5.32 Å². The van der Waals surface area contributed by atoms with E-state index >= 15 is 0 Å². The summed E-state index contributed by atoms with van der Waals surface area (Å²) in [6.45, 7) is 8.72. The van der Waals surface area contributed by atoms with Gasteiger partial charge in [0.05, 0.1) is 10.6 Å². The molecule has 7 heteroatoms. The molecule has 0 saturated heterocycles. The summed E-state index contributed by atoms with van der Waals surface area (Å²) in [7, 11) is 0. The highest BCUT2D eigenvalue weighted by Crippen LogP contribution is 2.36. The Balaban J connectivity index is 1.96. The monoisotopic (exact) mass is 405 g/mol. The average molecular weight is 406 g/mol. The van der Waals surface area contributed by atoms with Crippen LogP contribution in [0.5, 0.6) is 0 Å². The first-order chi connectivity index (χ1) is 13.1. The van der Waals surface area contributed by atoms with E-state index in [4.69, 9.17) is 4.98 Å². The minimum absolute atomic E-state index is 0.0664. The van der Waals surface area contributed by atoms with Gasteiger partial charge in [-0.3, -0.25) is 14.2 Å². The quantitative estimate of drug-likeness (QED) is 0.297. The normalized spacial score (nSPS) is 14.3. The number of hydrogen-bond donors (Lipinski definition) is 1. The van der Waals surface area contributed by atoms with Gasteiger partial charge >= 0.3 is 0 Å². The summed E-state index contributed by atoms with van der Waals surface area (Å²) in [5, 5.41) is 3.97. The van der Waals surface area contributed by atoms with Crippen LogP contribution < -0.4 is 10.9 Å². The minimum Gasteiger partial charge on any atom is -0.352 e. The van der Waals surface area contributed by atoms with Crippen molar-refractivity contribution in [2.24, 2.45) is 0 Å². The lowest BCUT2D eigenvalue weighted by Gasteiger charge is -2.15. The molecule has 1 N–H and O–H groups in total. The van der Waals surface area contributed by atoms with Crippen LogP contribution in [0.15, 0.2) is 22.6 Å². The molecule has 1 atom stereocenters. The van der Waals surface area contributed by atoms with Gasteiger partial charge in [0.1, 0.15) is 4.83 Å². The molecule has 0 spiro atoms. The number of carbonyl (C=O) groups is 1. The van der Waals surface area contributed by atoms with Crippen LogP contribution in [0.4, 0.5) is 0 Å². The van der Waals surface area contributed by atoms with E-state index in [0.29, 0.717) is 18.2 Å². The van der Waals surface area contributed by atoms with E-state index in [1.807, 2.05) is 6.92 Å². The molecule has 1 amide bonds. The smallest absolute Gasteiger partial charge is 0.263 e. The Morgan fingerprint density at radius 2 is 2.26 bits per heavy atom. The molecule has 1 unspecified atom stereocenters. The van der Waals surface area contributed by atoms with E-state index in [2.05, 4.69) is 18.8 Å². The van der Waals surface area contributed by atoms with E-state index in [-0.39, 0.29) is 16.7 Å². The zero-order chi connectivity index (χ0) is 19.4. The number of unbranched alkanes of at least 4 members (excludes halogenated alkanes) is 2. The molecule has 1 aliphatic rings. The molecule has 1 aliphatic carbocycles. The highest BCUT2D eigenvalue weighted by molar-refractivity contribution is 8.00. The number of rotatable bonds is 9. The van der Waals surface area contributed by atoms with Crippen molar-refractivity contribution in [3.63, 3.8) is 0 Å². The molecule has 2 aromatic rings. The van der Waals surface area contributed by atoms with Crippen molar-refractivity contribution >= 4 is 39.2 Å². The zero-order valence-electron chi connectivity index (χ0n) is 16.0. The lowest BCUT2D eigenvalue weighted by atomic mass is 10.2. The van der Waals surface area contributed by atoms with Crippen molar-refractivity contribution in [3.05, 3.63) is 33.4 Å². The lowest BCUT2D eigenvalue weighted by molar-refractivity contribution is -0.120. The molecule has 5 nitrogen and oxygen atoms in total. The summed E-state index contributed by atoms with van der Waals surface area (Å²) in [5.41, 5.74) is 1.28. The van der Waals surface area contributed by atoms with E-state index in [1.54, 1.807) is 22.0 Å². The third-order valence-corrected chi connectivity index (χ3v) is 7.12. The number of carbonyl (C=O) groups excluding carboxylic acids is 1. The third kappa shape index (κ3) is 4.29. The zero-order valence-corrected chi connectivity index (χ0v) is 17.7. The second kappa shape index (κ2) is 9.06. The van der Waals surface area contributed by atoms with E-state index < -0.39 is 0 Å². The molecular formula is C20H27N3O2S2. The van der Waals surface area contributed by atoms with Crippen LogP contribution in [0.25, 0.3) is 10.2 Å². The van der Waals surface area contributed by atoms with Gasteiger partial charge in [0, 0.05) is 18.0 Å².